The molecular weight excluding hydrogens is 312 g/mol. The molecule has 132 valence electrons. The van der Waals surface area contributed by atoms with Crippen LogP contribution in [0.1, 0.15) is 25.3 Å². The van der Waals surface area contributed by atoms with E-state index >= 15 is 0 Å². The highest BCUT2D eigenvalue weighted by molar-refractivity contribution is 5.91. The van der Waals surface area contributed by atoms with Crippen LogP contribution in [0.5, 0.6) is 5.75 Å². The molecule has 0 unspecified atom stereocenters. The quantitative estimate of drug-likeness (QED) is 0.867. The first-order valence-electron chi connectivity index (χ1n) is 8.98. The van der Waals surface area contributed by atoms with Crippen LogP contribution in [0.2, 0.25) is 0 Å². The van der Waals surface area contributed by atoms with E-state index in [-0.39, 0.29) is 12.5 Å². The summed E-state index contributed by atoms with van der Waals surface area (Å²) in [5.74, 6) is 1.34. The number of nitrogens with zero attached hydrogens (tertiary/aromatic N) is 1. The smallest absolute Gasteiger partial charge is 0.262 e. The molecule has 25 heavy (non-hydrogen) atoms. The van der Waals surface area contributed by atoms with Gasteiger partial charge < -0.3 is 10.1 Å². The lowest BCUT2D eigenvalue weighted by Gasteiger charge is -2.30. The molecule has 4 heteroatoms. The van der Waals surface area contributed by atoms with Gasteiger partial charge >= 0.3 is 0 Å². The summed E-state index contributed by atoms with van der Waals surface area (Å²) >= 11 is 0. The minimum atomic E-state index is -0.151. The normalized spacial score (nSPS) is 17.9. The summed E-state index contributed by atoms with van der Waals surface area (Å²) in [5.41, 5.74) is 2.09. The third-order valence-electron chi connectivity index (χ3n) is 4.50. The maximum atomic E-state index is 12.0. The Hall–Kier alpha value is -2.33. The third kappa shape index (κ3) is 5.61. The zero-order valence-corrected chi connectivity index (χ0v) is 14.8. The van der Waals surface area contributed by atoms with Gasteiger partial charge in [0.15, 0.2) is 6.61 Å². The number of amides is 1. The topological polar surface area (TPSA) is 41.6 Å². The van der Waals surface area contributed by atoms with Gasteiger partial charge in [-0.05, 0) is 55.1 Å². The highest BCUT2D eigenvalue weighted by Crippen LogP contribution is 2.19. The molecule has 1 fully saturated rings. The number of piperidine rings is 1. The average molecular weight is 338 g/mol. The van der Waals surface area contributed by atoms with Crippen LogP contribution in [0.15, 0.2) is 54.6 Å². The van der Waals surface area contributed by atoms with E-state index < -0.39 is 0 Å². The molecule has 0 spiro atoms. The number of ether oxygens (including phenoxy) is 1. The zero-order valence-electron chi connectivity index (χ0n) is 14.8. The minimum Gasteiger partial charge on any atom is -0.484 e. The predicted molar refractivity (Wildman–Crippen MR) is 101 cm³/mol. The molecule has 1 heterocycles. The number of rotatable bonds is 6. The van der Waals surface area contributed by atoms with Gasteiger partial charge in [-0.15, -0.1) is 0 Å². The number of para-hydroxylation sites is 1. The Bertz CT molecular complexity index is 670. The first-order chi connectivity index (χ1) is 12.2. The maximum Gasteiger partial charge on any atom is 0.262 e. The van der Waals surface area contributed by atoms with Crippen LogP contribution in [-0.4, -0.2) is 30.5 Å². The van der Waals surface area contributed by atoms with E-state index in [0.29, 0.717) is 5.75 Å². The number of carbonyl (C=O) groups is 1. The molecule has 3 rings (SSSR count). The molecule has 1 aliphatic heterocycles. The summed E-state index contributed by atoms with van der Waals surface area (Å²) in [4.78, 5) is 14.5. The van der Waals surface area contributed by atoms with Crippen molar-refractivity contribution in [1.29, 1.82) is 0 Å². The number of hydrogen-bond acceptors (Lipinski definition) is 3. The number of benzene rings is 2. The van der Waals surface area contributed by atoms with Crippen LogP contribution in [-0.2, 0) is 11.3 Å². The Morgan fingerprint density at radius 2 is 1.92 bits per heavy atom. The number of likely N-dealkylation sites (tertiary alicyclic amines) is 1. The minimum absolute atomic E-state index is 0.0113. The van der Waals surface area contributed by atoms with Gasteiger partial charge in [0.25, 0.3) is 5.91 Å². The molecule has 0 aliphatic carbocycles. The largest absolute Gasteiger partial charge is 0.484 e. The Kier molecular flexibility index (Phi) is 6.07. The summed E-state index contributed by atoms with van der Waals surface area (Å²) < 4.78 is 5.46. The SMILES string of the molecule is C[C@H]1CCCN(Cc2ccc(NC(=O)COc3ccccc3)cc2)C1. The van der Waals surface area contributed by atoms with Crippen LogP contribution >= 0.6 is 0 Å². The molecule has 1 amide bonds. The van der Waals surface area contributed by atoms with Crippen LogP contribution < -0.4 is 10.1 Å². The Morgan fingerprint density at radius 1 is 1.16 bits per heavy atom. The summed E-state index contributed by atoms with van der Waals surface area (Å²) in [6.45, 7) is 5.67. The Balaban J connectivity index is 1.46. The fourth-order valence-corrected chi connectivity index (χ4v) is 3.24. The van der Waals surface area contributed by atoms with Crippen molar-refractivity contribution in [3.05, 3.63) is 60.2 Å². The highest BCUT2D eigenvalue weighted by Gasteiger charge is 2.16. The van der Waals surface area contributed by atoms with E-state index in [0.717, 1.165) is 18.2 Å². The number of nitrogens with one attached hydrogen (secondary N) is 1. The molecule has 2 aromatic carbocycles. The fourth-order valence-electron chi connectivity index (χ4n) is 3.24. The van der Waals surface area contributed by atoms with Crippen molar-refractivity contribution in [2.75, 3.05) is 25.0 Å². The summed E-state index contributed by atoms with van der Waals surface area (Å²) in [6, 6.07) is 17.5. The first kappa shape index (κ1) is 17.5. The van der Waals surface area contributed by atoms with Gasteiger partial charge in [-0.2, -0.15) is 0 Å². The van der Waals surface area contributed by atoms with Crippen molar-refractivity contribution in [2.45, 2.75) is 26.3 Å². The molecule has 2 aromatic rings. The molecule has 4 nitrogen and oxygen atoms in total. The second kappa shape index (κ2) is 8.67. The molecule has 0 aromatic heterocycles. The van der Waals surface area contributed by atoms with Crippen LogP contribution in [0, 0.1) is 5.92 Å². The van der Waals surface area contributed by atoms with Crippen molar-refractivity contribution in [1.82, 2.24) is 4.90 Å². The van der Waals surface area contributed by atoms with Gasteiger partial charge in [-0.3, -0.25) is 9.69 Å². The van der Waals surface area contributed by atoms with Crippen LogP contribution in [0.4, 0.5) is 5.69 Å². The average Bonchev–Trinajstić information content (AvgIpc) is 2.63. The highest BCUT2D eigenvalue weighted by atomic mass is 16.5. The van der Waals surface area contributed by atoms with Gasteiger partial charge in [-0.1, -0.05) is 37.3 Å². The van der Waals surface area contributed by atoms with Gasteiger partial charge in [0.2, 0.25) is 0 Å². The monoisotopic (exact) mass is 338 g/mol. The second-order valence-electron chi connectivity index (χ2n) is 6.83. The van der Waals surface area contributed by atoms with E-state index in [9.17, 15) is 4.79 Å². The molecule has 1 atom stereocenters. The zero-order chi connectivity index (χ0) is 17.5. The maximum absolute atomic E-state index is 12.0. The Morgan fingerprint density at radius 3 is 2.64 bits per heavy atom. The molecule has 0 radical (unpaired) electrons. The summed E-state index contributed by atoms with van der Waals surface area (Å²) in [6.07, 6.45) is 2.63. The number of hydrogen-bond donors (Lipinski definition) is 1. The summed E-state index contributed by atoms with van der Waals surface area (Å²) in [7, 11) is 0. The van der Waals surface area contributed by atoms with E-state index in [1.54, 1.807) is 0 Å². The van der Waals surface area contributed by atoms with E-state index in [4.69, 9.17) is 4.74 Å². The lowest BCUT2D eigenvalue weighted by atomic mass is 10.00. The van der Waals surface area contributed by atoms with E-state index in [2.05, 4.69) is 29.3 Å². The standard InChI is InChI=1S/C21H26N2O2/c1-17-6-5-13-23(14-17)15-18-9-11-19(12-10-18)22-21(24)16-25-20-7-3-2-4-8-20/h2-4,7-12,17H,5-6,13-16H2,1H3,(H,22,24)/t17-/m0/s1. The molecule has 1 aliphatic rings. The summed E-state index contributed by atoms with van der Waals surface area (Å²) in [5, 5.41) is 2.87. The third-order valence-corrected chi connectivity index (χ3v) is 4.50. The predicted octanol–water partition coefficient (Wildman–Crippen LogP) is 3.94. The second-order valence-corrected chi connectivity index (χ2v) is 6.83. The van der Waals surface area contributed by atoms with Crippen molar-refractivity contribution in [3.8, 4) is 5.75 Å². The fraction of sp³-hybridized carbons (Fsp3) is 0.381. The van der Waals surface area contributed by atoms with Gasteiger partial charge in [0.05, 0.1) is 0 Å². The lowest BCUT2D eigenvalue weighted by Crippen LogP contribution is -2.33. The molecule has 0 bridgehead atoms. The van der Waals surface area contributed by atoms with Crippen LogP contribution in [0.25, 0.3) is 0 Å². The van der Waals surface area contributed by atoms with Crippen molar-refractivity contribution >= 4 is 11.6 Å². The van der Waals surface area contributed by atoms with Gasteiger partial charge in [0, 0.05) is 18.8 Å². The van der Waals surface area contributed by atoms with Crippen molar-refractivity contribution < 1.29 is 9.53 Å². The van der Waals surface area contributed by atoms with E-state index in [1.165, 1.54) is 31.5 Å². The lowest BCUT2D eigenvalue weighted by molar-refractivity contribution is -0.118. The molecule has 1 N–H and O–H groups in total. The number of carbonyl (C=O) groups excluding carboxylic acids is 1. The van der Waals surface area contributed by atoms with Crippen molar-refractivity contribution in [2.24, 2.45) is 5.92 Å². The molecule has 1 saturated heterocycles. The Labute approximate surface area is 149 Å². The van der Waals surface area contributed by atoms with Gasteiger partial charge in [-0.25, -0.2) is 0 Å². The molecular formula is C21H26N2O2. The first-order valence-corrected chi connectivity index (χ1v) is 8.98. The molecule has 0 saturated carbocycles. The van der Waals surface area contributed by atoms with Crippen LogP contribution in [0.3, 0.4) is 0 Å². The van der Waals surface area contributed by atoms with E-state index in [1.807, 2.05) is 42.5 Å². The van der Waals surface area contributed by atoms with Gasteiger partial charge in [0.1, 0.15) is 5.75 Å². The number of anilines is 1. The van der Waals surface area contributed by atoms with Crippen molar-refractivity contribution in [3.63, 3.8) is 0 Å².